The Balaban J connectivity index is 2.25. The number of para-hydroxylation sites is 1. The number of nitrogens with zero attached hydrogens (tertiary/aromatic N) is 2. The molecule has 7 heteroatoms. The van der Waals surface area contributed by atoms with Crippen LogP contribution < -0.4 is 10.9 Å². The van der Waals surface area contributed by atoms with Crippen molar-refractivity contribution in [3.63, 3.8) is 0 Å². The molecule has 2 aromatic carbocycles. The number of hydrogen-bond acceptors (Lipinski definition) is 5. The molecule has 0 aliphatic rings. The lowest BCUT2D eigenvalue weighted by Gasteiger charge is -2.17. The van der Waals surface area contributed by atoms with E-state index in [2.05, 4.69) is 10.4 Å². The van der Waals surface area contributed by atoms with Gasteiger partial charge in [0.25, 0.3) is 5.56 Å². The Morgan fingerprint density at radius 2 is 1.83 bits per heavy atom. The number of carbonyl (C=O) groups excluding carboxylic acids is 1. The largest absolute Gasteiger partial charge is 0.612 e. The Hall–Kier alpha value is -2.90. The minimum Gasteiger partial charge on any atom is -0.612 e. The Morgan fingerprint density at radius 1 is 1.17 bits per heavy atom. The molecule has 1 aromatic heterocycles. The van der Waals surface area contributed by atoms with Gasteiger partial charge in [-0.05, 0) is 67.8 Å². The van der Waals surface area contributed by atoms with E-state index in [1.54, 1.807) is 30.5 Å². The van der Waals surface area contributed by atoms with Crippen LogP contribution in [-0.2, 0) is 17.7 Å². The number of aryl methyl sites for hydroxylation is 2. The van der Waals surface area contributed by atoms with Gasteiger partial charge in [-0.25, -0.2) is 4.68 Å². The highest BCUT2D eigenvalue weighted by Gasteiger charge is 2.22. The summed E-state index contributed by atoms with van der Waals surface area (Å²) in [6.07, 6.45) is 1.61. The quantitative estimate of drug-likeness (QED) is 0.492. The lowest BCUT2D eigenvalue weighted by atomic mass is 10.0. The summed E-state index contributed by atoms with van der Waals surface area (Å²) in [5.74, 6) is -0.257. The van der Waals surface area contributed by atoms with E-state index in [1.807, 2.05) is 38.1 Å². The number of carbonyl (C=O) groups is 1. The molecule has 0 saturated carbocycles. The van der Waals surface area contributed by atoms with Crippen LogP contribution in [0.5, 0.6) is 0 Å². The average Bonchev–Trinajstić information content (AvgIpc) is 2.70. The van der Waals surface area contributed by atoms with E-state index >= 15 is 0 Å². The molecule has 29 heavy (non-hydrogen) atoms. The fraction of sp³-hybridized carbons (Fsp3) is 0.227. The average molecular weight is 410 g/mol. The van der Waals surface area contributed by atoms with Crippen molar-refractivity contribution in [1.29, 1.82) is 0 Å². The maximum atomic E-state index is 13.0. The van der Waals surface area contributed by atoms with Crippen LogP contribution in [0.3, 0.4) is 0 Å². The molecule has 0 fully saturated rings. The predicted molar refractivity (Wildman–Crippen MR) is 116 cm³/mol. The van der Waals surface area contributed by atoms with Crippen LogP contribution in [0.4, 0.5) is 11.4 Å². The van der Waals surface area contributed by atoms with Crippen molar-refractivity contribution in [1.82, 2.24) is 9.78 Å². The van der Waals surface area contributed by atoms with Gasteiger partial charge in [0, 0.05) is 17.8 Å². The number of ketones is 1. The summed E-state index contributed by atoms with van der Waals surface area (Å²) in [5, 5.41) is 7.61. The first-order chi connectivity index (χ1) is 13.8. The maximum Gasteiger partial charge on any atom is 0.291 e. The van der Waals surface area contributed by atoms with Crippen molar-refractivity contribution in [2.45, 2.75) is 32.2 Å². The summed E-state index contributed by atoms with van der Waals surface area (Å²) in [4.78, 5) is 26.3. The van der Waals surface area contributed by atoms with Gasteiger partial charge in [0.05, 0.1) is 5.56 Å². The van der Waals surface area contributed by atoms with Gasteiger partial charge in [-0.1, -0.05) is 18.2 Å². The van der Waals surface area contributed by atoms with Crippen molar-refractivity contribution >= 4 is 28.3 Å². The second kappa shape index (κ2) is 8.63. The zero-order valence-corrected chi connectivity index (χ0v) is 17.7. The summed E-state index contributed by atoms with van der Waals surface area (Å²) in [7, 11) is 0. The first-order valence-corrected chi connectivity index (χ1v) is 10.8. The second-order valence-corrected chi connectivity index (χ2v) is 8.07. The maximum absolute atomic E-state index is 13.0. The topological polar surface area (TPSA) is 87.0 Å². The SMILES string of the molecule is CCn1nc(-c2ccc([S+](C)[O-])cc2)c(C(C)=O)c(Nc2ccccc2C)c1=O. The van der Waals surface area contributed by atoms with E-state index in [1.165, 1.54) is 11.6 Å². The first kappa shape index (κ1) is 20.8. The van der Waals surface area contributed by atoms with E-state index in [0.29, 0.717) is 22.7 Å². The summed E-state index contributed by atoms with van der Waals surface area (Å²) in [5.41, 5.74) is 2.91. The molecule has 0 bridgehead atoms. The van der Waals surface area contributed by atoms with Crippen LogP contribution in [0.25, 0.3) is 11.3 Å². The molecule has 0 amide bonds. The van der Waals surface area contributed by atoms with Crippen LogP contribution in [0.15, 0.2) is 58.2 Å². The molecule has 1 atom stereocenters. The monoisotopic (exact) mass is 409 g/mol. The molecule has 0 saturated heterocycles. The normalized spacial score (nSPS) is 11.9. The van der Waals surface area contributed by atoms with Crippen molar-refractivity contribution in [2.24, 2.45) is 0 Å². The van der Waals surface area contributed by atoms with Gasteiger partial charge in [-0.2, -0.15) is 5.10 Å². The van der Waals surface area contributed by atoms with Crippen molar-refractivity contribution < 1.29 is 9.35 Å². The highest BCUT2D eigenvalue weighted by molar-refractivity contribution is 7.90. The van der Waals surface area contributed by atoms with Crippen molar-refractivity contribution in [2.75, 3.05) is 11.6 Å². The number of benzene rings is 2. The van der Waals surface area contributed by atoms with Crippen LogP contribution in [0.2, 0.25) is 0 Å². The molecule has 3 aromatic rings. The minimum absolute atomic E-state index is 0.210. The molecule has 0 aliphatic heterocycles. The molecule has 0 aliphatic carbocycles. The molecule has 1 N–H and O–H groups in total. The number of anilines is 2. The Labute approximate surface area is 172 Å². The van der Waals surface area contributed by atoms with Gasteiger partial charge in [-0.15, -0.1) is 0 Å². The van der Waals surface area contributed by atoms with Gasteiger partial charge in [0.15, 0.2) is 10.7 Å². The number of nitrogens with one attached hydrogen (secondary N) is 1. The molecule has 1 heterocycles. The lowest BCUT2D eigenvalue weighted by Crippen LogP contribution is -2.28. The number of hydrogen-bond donors (Lipinski definition) is 1. The molecule has 3 rings (SSSR count). The second-order valence-electron chi connectivity index (χ2n) is 6.69. The minimum atomic E-state index is -1.11. The summed E-state index contributed by atoms with van der Waals surface area (Å²) >= 11 is -1.11. The third kappa shape index (κ3) is 4.26. The third-order valence-corrected chi connectivity index (χ3v) is 5.61. The molecule has 6 nitrogen and oxygen atoms in total. The van der Waals surface area contributed by atoms with Crippen molar-refractivity contribution in [3.05, 3.63) is 70.0 Å². The standard InChI is InChI=1S/C22H23N3O3S/c1-5-25-22(27)21(23-18-9-7-6-8-14(18)2)19(15(3)26)20(24-25)16-10-12-17(13-11-16)29(4)28/h6-13,23H,5H2,1-4H3. The zero-order valence-electron chi connectivity index (χ0n) is 16.9. The molecular weight excluding hydrogens is 386 g/mol. The van der Waals surface area contributed by atoms with E-state index in [9.17, 15) is 14.1 Å². The van der Waals surface area contributed by atoms with Crippen LogP contribution in [0.1, 0.15) is 29.8 Å². The smallest absolute Gasteiger partial charge is 0.291 e. The van der Waals surface area contributed by atoms with E-state index < -0.39 is 11.2 Å². The Kier molecular flexibility index (Phi) is 6.20. The lowest BCUT2D eigenvalue weighted by molar-refractivity contribution is 0.101. The molecule has 0 spiro atoms. The van der Waals surface area contributed by atoms with E-state index in [-0.39, 0.29) is 22.6 Å². The fourth-order valence-corrected chi connectivity index (χ4v) is 3.62. The first-order valence-electron chi connectivity index (χ1n) is 9.26. The predicted octanol–water partition coefficient (Wildman–Crippen LogP) is 3.92. The molecule has 1 unspecified atom stereocenters. The molecule has 150 valence electrons. The summed E-state index contributed by atoms with van der Waals surface area (Å²) in [6, 6.07) is 14.6. The van der Waals surface area contributed by atoms with E-state index in [4.69, 9.17) is 0 Å². The highest BCUT2D eigenvalue weighted by Crippen LogP contribution is 2.29. The number of aromatic nitrogens is 2. The zero-order chi connectivity index (χ0) is 21.1. The van der Waals surface area contributed by atoms with E-state index in [0.717, 1.165) is 11.3 Å². The van der Waals surface area contributed by atoms with Gasteiger partial charge >= 0.3 is 0 Å². The third-order valence-electron chi connectivity index (χ3n) is 4.67. The Morgan fingerprint density at radius 3 is 2.38 bits per heavy atom. The van der Waals surface area contributed by atoms with Crippen LogP contribution in [0, 0.1) is 6.92 Å². The van der Waals surface area contributed by atoms with Gasteiger partial charge < -0.3 is 9.87 Å². The van der Waals surface area contributed by atoms with Gasteiger partial charge in [0.1, 0.15) is 17.6 Å². The Bertz CT molecular complexity index is 1110. The molecule has 0 radical (unpaired) electrons. The van der Waals surface area contributed by atoms with Gasteiger partial charge in [-0.3, -0.25) is 9.59 Å². The summed E-state index contributed by atoms with van der Waals surface area (Å²) < 4.78 is 13.0. The van der Waals surface area contributed by atoms with Crippen molar-refractivity contribution in [3.8, 4) is 11.3 Å². The fourth-order valence-electron chi connectivity index (χ4n) is 3.10. The highest BCUT2D eigenvalue weighted by atomic mass is 32.2. The molecular formula is C22H23N3O3S. The number of rotatable bonds is 6. The van der Waals surface area contributed by atoms with Crippen LogP contribution >= 0.6 is 0 Å². The van der Waals surface area contributed by atoms with Crippen LogP contribution in [-0.4, -0.2) is 26.4 Å². The number of Topliss-reactive ketones (excluding diaryl/α,β-unsaturated/α-hetero) is 1. The van der Waals surface area contributed by atoms with Gasteiger partial charge in [0.2, 0.25) is 0 Å². The summed E-state index contributed by atoms with van der Waals surface area (Å²) in [6.45, 7) is 5.55.